The second kappa shape index (κ2) is 13.3. The summed E-state index contributed by atoms with van der Waals surface area (Å²) in [4.78, 5) is 28.3. The van der Waals surface area contributed by atoms with E-state index in [9.17, 15) is 4.79 Å². The number of carboxylic acid groups (broad SMARTS) is 1. The zero-order chi connectivity index (χ0) is 26.6. The molecule has 0 bridgehead atoms. The number of nitrogens with one attached hydrogen (secondary N) is 2. The van der Waals surface area contributed by atoms with Crippen molar-refractivity contribution in [2.24, 2.45) is 0 Å². The van der Waals surface area contributed by atoms with Gasteiger partial charge in [-0.15, -0.1) is 26.8 Å². The van der Waals surface area contributed by atoms with Crippen LogP contribution in [0.15, 0.2) is 37.1 Å². The molecule has 0 atom stereocenters. The summed E-state index contributed by atoms with van der Waals surface area (Å²) in [6, 6.07) is 5.96. The summed E-state index contributed by atoms with van der Waals surface area (Å²) in [6.07, 6.45) is 11.4. The van der Waals surface area contributed by atoms with E-state index in [1.54, 1.807) is 7.05 Å². The minimum absolute atomic E-state index is 0.207. The minimum Gasteiger partial charge on any atom is -0.483 e. The van der Waals surface area contributed by atoms with Crippen LogP contribution < -0.4 is 20.4 Å². The van der Waals surface area contributed by atoms with Crippen LogP contribution >= 0.6 is 0 Å². The molecule has 0 spiro atoms. The number of hydrogen-bond donors (Lipinski definition) is 3. The number of fused-ring (bicyclic) bond motifs is 1. The fourth-order valence-corrected chi connectivity index (χ4v) is 3.78. The summed E-state index contributed by atoms with van der Waals surface area (Å²) >= 11 is 0. The van der Waals surface area contributed by atoms with Crippen molar-refractivity contribution < 1.29 is 14.7 Å². The Kier molecular flexibility index (Phi) is 9.66. The Labute approximate surface area is 214 Å². The maximum absolute atomic E-state index is 11.6. The number of aromatic nitrogens is 5. The highest BCUT2D eigenvalue weighted by molar-refractivity contribution is 6.04. The number of hydrogen-bond acceptors (Lipinski definition) is 10. The van der Waals surface area contributed by atoms with Crippen LogP contribution in [-0.4, -0.2) is 76.1 Å². The Morgan fingerprint density at radius 3 is 2.16 bits per heavy atom. The van der Waals surface area contributed by atoms with Crippen molar-refractivity contribution in [3.8, 4) is 12.3 Å². The Bertz CT molecular complexity index is 1260. The van der Waals surface area contributed by atoms with Crippen LogP contribution in [0, 0.1) is 12.3 Å². The predicted octanol–water partition coefficient (Wildman–Crippen LogP) is 2.16. The van der Waals surface area contributed by atoms with Gasteiger partial charge >= 0.3 is 0 Å². The van der Waals surface area contributed by atoms with Crippen LogP contribution in [0.2, 0.25) is 0 Å². The van der Waals surface area contributed by atoms with E-state index in [-0.39, 0.29) is 12.4 Å². The molecule has 4 heterocycles. The molecule has 1 amide bonds. The monoisotopic (exact) mass is 503 g/mol. The molecule has 2 saturated heterocycles. The van der Waals surface area contributed by atoms with Crippen molar-refractivity contribution in [1.82, 2.24) is 25.4 Å². The topological polar surface area (TPSA) is 149 Å². The lowest BCUT2D eigenvalue weighted by molar-refractivity contribution is -0.122. The highest BCUT2D eigenvalue weighted by atomic mass is 16.3. The van der Waals surface area contributed by atoms with Gasteiger partial charge in [0.25, 0.3) is 6.47 Å². The number of carbonyl (C=O) groups excluding carboxylic acids is 1. The molecule has 5 rings (SSSR count). The SMILES string of the molecule is C#Cc1cnc(NC)nn1.C=CC(=O)Nc1ccc2c(N3CCCC3)nnc(N3CCC3)c2c1.O=CO. The fourth-order valence-electron chi connectivity index (χ4n) is 3.78. The molecule has 3 aromatic rings. The van der Waals surface area contributed by atoms with E-state index in [4.69, 9.17) is 16.3 Å². The molecule has 3 N–H and O–H groups in total. The number of terminal acetylenes is 1. The second-order valence-electron chi connectivity index (χ2n) is 8.00. The largest absolute Gasteiger partial charge is 0.483 e. The zero-order valence-electron chi connectivity index (χ0n) is 20.6. The smallest absolute Gasteiger partial charge is 0.290 e. The third kappa shape index (κ3) is 6.88. The van der Waals surface area contributed by atoms with Gasteiger partial charge in [0.1, 0.15) is 0 Å². The number of amides is 1. The van der Waals surface area contributed by atoms with Crippen molar-refractivity contribution >= 4 is 46.4 Å². The summed E-state index contributed by atoms with van der Waals surface area (Å²) < 4.78 is 0. The van der Waals surface area contributed by atoms with Gasteiger partial charge in [-0.1, -0.05) is 6.58 Å². The minimum atomic E-state index is -0.250. The Balaban J connectivity index is 0.000000244. The molecule has 0 unspecified atom stereocenters. The van der Waals surface area contributed by atoms with Gasteiger partial charge in [0.05, 0.1) is 6.20 Å². The average molecular weight is 504 g/mol. The maximum Gasteiger partial charge on any atom is 0.290 e. The van der Waals surface area contributed by atoms with Gasteiger partial charge in [-0.2, -0.15) is 0 Å². The molecule has 12 heteroatoms. The predicted molar refractivity (Wildman–Crippen MR) is 143 cm³/mol. The van der Waals surface area contributed by atoms with Gasteiger partial charge in [-0.3, -0.25) is 9.59 Å². The number of carbonyl (C=O) groups is 2. The van der Waals surface area contributed by atoms with Crippen molar-refractivity contribution in [2.45, 2.75) is 19.3 Å². The first-order valence-electron chi connectivity index (χ1n) is 11.7. The summed E-state index contributed by atoms with van der Waals surface area (Å²) in [6.45, 7) is 7.33. The van der Waals surface area contributed by atoms with Gasteiger partial charge in [0, 0.05) is 49.7 Å². The van der Waals surface area contributed by atoms with Crippen LogP contribution in [-0.2, 0) is 9.59 Å². The maximum atomic E-state index is 11.6. The van der Waals surface area contributed by atoms with Crippen LogP contribution in [0.3, 0.4) is 0 Å². The summed E-state index contributed by atoms with van der Waals surface area (Å²) in [5.41, 5.74) is 1.20. The van der Waals surface area contributed by atoms with Crippen molar-refractivity contribution in [3.05, 3.63) is 42.7 Å². The van der Waals surface area contributed by atoms with Gasteiger partial charge in [-0.05, 0) is 49.5 Å². The molecule has 1 aromatic carbocycles. The quantitative estimate of drug-likeness (QED) is 0.267. The molecule has 0 saturated carbocycles. The molecule has 192 valence electrons. The fraction of sp³-hybridized carbons (Fsp3) is 0.320. The highest BCUT2D eigenvalue weighted by Crippen LogP contribution is 2.35. The molecule has 2 aliphatic rings. The third-order valence-corrected chi connectivity index (χ3v) is 5.69. The second-order valence-corrected chi connectivity index (χ2v) is 8.00. The van der Waals surface area contributed by atoms with E-state index in [1.165, 1.54) is 31.5 Å². The van der Waals surface area contributed by atoms with Gasteiger partial charge in [0.15, 0.2) is 17.3 Å². The summed E-state index contributed by atoms with van der Waals surface area (Å²) in [5.74, 6) is 4.44. The average Bonchev–Trinajstić information content (AvgIpc) is 3.43. The zero-order valence-corrected chi connectivity index (χ0v) is 20.6. The molecular weight excluding hydrogens is 474 g/mol. The number of benzene rings is 1. The van der Waals surface area contributed by atoms with E-state index in [0.717, 1.165) is 54.3 Å². The summed E-state index contributed by atoms with van der Waals surface area (Å²) in [5, 5.41) is 31.0. The molecule has 12 nitrogen and oxygen atoms in total. The first kappa shape index (κ1) is 26.8. The standard InChI is InChI=1S/C18H21N5O.C6H6N4.CH2O2/c1-2-16(24)19-13-6-7-14-15(12-13)18(23-10-5-11-23)21-20-17(14)22-8-3-4-9-22;1-3-5-4-8-6(7-2)10-9-5;2-1-3/h2,6-7,12H,1,3-5,8-11H2,(H,19,24);1,4H,2H3,(H,7,8,10);1H,(H,2,3). The lowest BCUT2D eigenvalue weighted by Crippen LogP contribution is -2.38. The molecular formula is C25H29N9O3. The van der Waals surface area contributed by atoms with E-state index in [2.05, 4.69) is 58.3 Å². The Morgan fingerprint density at radius 2 is 1.68 bits per heavy atom. The van der Waals surface area contributed by atoms with Gasteiger partial charge < -0.3 is 25.5 Å². The molecule has 0 aliphatic carbocycles. The van der Waals surface area contributed by atoms with Crippen molar-refractivity contribution in [2.75, 3.05) is 53.7 Å². The first-order valence-corrected chi connectivity index (χ1v) is 11.7. The Hall–Kier alpha value is -4.79. The molecule has 0 radical (unpaired) electrons. The molecule has 2 aliphatic heterocycles. The van der Waals surface area contributed by atoms with Crippen molar-refractivity contribution in [1.29, 1.82) is 0 Å². The normalized spacial score (nSPS) is 13.6. The van der Waals surface area contributed by atoms with Crippen LogP contribution in [0.4, 0.5) is 23.3 Å². The van der Waals surface area contributed by atoms with Crippen LogP contribution in [0.5, 0.6) is 0 Å². The van der Waals surface area contributed by atoms with E-state index in [0.29, 0.717) is 11.6 Å². The lowest BCUT2D eigenvalue weighted by atomic mass is 10.1. The molecule has 37 heavy (non-hydrogen) atoms. The third-order valence-electron chi connectivity index (χ3n) is 5.69. The molecule has 2 aromatic heterocycles. The van der Waals surface area contributed by atoms with Crippen LogP contribution in [0.1, 0.15) is 25.0 Å². The number of rotatable bonds is 5. The van der Waals surface area contributed by atoms with E-state index in [1.807, 2.05) is 18.2 Å². The first-order chi connectivity index (χ1) is 18.0. The van der Waals surface area contributed by atoms with E-state index < -0.39 is 0 Å². The van der Waals surface area contributed by atoms with Crippen LogP contribution in [0.25, 0.3) is 10.8 Å². The molecule has 2 fully saturated rings. The Morgan fingerprint density at radius 1 is 1.05 bits per heavy atom. The number of anilines is 4. The number of nitrogens with zero attached hydrogens (tertiary/aromatic N) is 7. The van der Waals surface area contributed by atoms with Gasteiger partial charge in [0.2, 0.25) is 11.9 Å². The lowest BCUT2D eigenvalue weighted by Gasteiger charge is -2.33. The summed E-state index contributed by atoms with van der Waals surface area (Å²) in [7, 11) is 1.71. The van der Waals surface area contributed by atoms with Crippen molar-refractivity contribution in [3.63, 3.8) is 0 Å². The van der Waals surface area contributed by atoms with E-state index >= 15 is 0 Å². The van der Waals surface area contributed by atoms with Gasteiger partial charge in [-0.25, -0.2) is 4.98 Å². The highest BCUT2D eigenvalue weighted by Gasteiger charge is 2.23.